The number of hydrogen-bond acceptors (Lipinski definition) is 5. The van der Waals surface area contributed by atoms with Crippen molar-refractivity contribution in [3.63, 3.8) is 0 Å². The summed E-state index contributed by atoms with van der Waals surface area (Å²) >= 11 is 0. The molecule has 1 fully saturated rings. The summed E-state index contributed by atoms with van der Waals surface area (Å²) < 4.78 is 21.0. The standard InChI is InChI=1S/C28H31FN4O2/c1-19(16-21-7-10-25(34)26(17-21)35-2)32-14-11-23(12-15-32)33-27(18-20-5-8-22(29)9-6-20)31-24-4-3-13-30-28(24)33/h3-10,13,17,19,23,34H,11-12,14-16,18H2,1-2H3/t19-/m1/s1. The minimum absolute atomic E-state index is 0.169. The molecule has 7 heteroatoms. The largest absolute Gasteiger partial charge is 0.504 e. The molecular weight excluding hydrogens is 443 g/mol. The Balaban J connectivity index is 1.31. The first-order valence-electron chi connectivity index (χ1n) is 12.2. The number of methoxy groups -OCH3 is 1. The van der Waals surface area contributed by atoms with Gasteiger partial charge in [0.05, 0.1) is 7.11 Å². The molecule has 0 bridgehead atoms. The van der Waals surface area contributed by atoms with Gasteiger partial charge in [0.25, 0.3) is 0 Å². The van der Waals surface area contributed by atoms with Crippen LogP contribution in [0.15, 0.2) is 60.8 Å². The van der Waals surface area contributed by atoms with E-state index in [1.165, 1.54) is 12.1 Å². The maximum atomic E-state index is 13.4. The van der Waals surface area contributed by atoms with E-state index in [9.17, 15) is 9.50 Å². The van der Waals surface area contributed by atoms with Gasteiger partial charge in [-0.2, -0.15) is 0 Å². The monoisotopic (exact) mass is 474 g/mol. The van der Waals surface area contributed by atoms with Gasteiger partial charge < -0.3 is 19.3 Å². The number of ether oxygens (including phenoxy) is 1. The van der Waals surface area contributed by atoms with Crippen molar-refractivity contribution >= 4 is 11.2 Å². The fourth-order valence-electron chi connectivity index (χ4n) is 5.17. The van der Waals surface area contributed by atoms with Crippen LogP contribution in [0.4, 0.5) is 4.39 Å². The minimum Gasteiger partial charge on any atom is -0.504 e. The molecule has 6 nitrogen and oxygen atoms in total. The Labute approximate surface area is 205 Å². The fraction of sp³-hybridized carbons (Fsp3) is 0.357. The van der Waals surface area contributed by atoms with Crippen molar-refractivity contribution < 1.29 is 14.2 Å². The van der Waals surface area contributed by atoms with Crippen LogP contribution in [0.2, 0.25) is 0 Å². The molecule has 0 aliphatic carbocycles. The van der Waals surface area contributed by atoms with E-state index in [1.807, 2.05) is 42.6 Å². The second kappa shape index (κ2) is 10.0. The first-order valence-corrected chi connectivity index (χ1v) is 12.2. The van der Waals surface area contributed by atoms with Crippen molar-refractivity contribution in [2.45, 2.75) is 44.7 Å². The number of hydrogen-bond donors (Lipinski definition) is 1. The van der Waals surface area contributed by atoms with Crippen molar-refractivity contribution in [3.05, 3.63) is 83.6 Å². The van der Waals surface area contributed by atoms with Gasteiger partial charge in [-0.1, -0.05) is 18.2 Å². The van der Waals surface area contributed by atoms with Crippen molar-refractivity contribution in [2.75, 3.05) is 20.2 Å². The Hall–Kier alpha value is -3.45. The number of aromatic nitrogens is 3. The van der Waals surface area contributed by atoms with Gasteiger partial charge in [0, 0.05) is 37.8 Å². The normalized spacial score (nSPS) is 16.0. The van der Waals surface area contributed by atoms with Crippen LogP contribution < -0.4 is 4.74 Å². The van der Waals surface area contributed by atoms with E-state index < -0.39 is 0 Å². The molecule has 1 atom stereocenters. The Morgan fingerprint density at radius 3 is 2.57 bits per heavy atom. The zero-order chi connectivity index (χ0) is 24.4. The molecule has 2 aromatic heterocycles. The molecule has 1 N–H and O–H groups in total. The van der Waals surface area contributed by atoms with E-state index in [-0.39, 0.29) is 11.6 Å². The maximum Gasteiger partial charge on any atom is 0.160 e. The summed E-state index contributed by atoms with van der Waals surface area (Å²) in [4.78, 5) is 12.1. The van der Waals surface area contributed by atoms with E-state index in [2.05, 4.69) is 21.4 Å². The van der Waals surface area contributed by atoms with Gasteiger partial charge in [-0.15, -0.1) is 0 Å². The van der Waals surface area contributed by atoms with Crippen LogP contribution in [0.1, 0.15) is 42.8 Å². The molecule has 0 saturated carbocycles. The minimum atomic E-state index is -0.226. The van der Waals surface area contributed by atoms with Crippen LogP contribution in [0.3, 0.4) is 0 Å². The van der Waals surface area contributed by atoms with E-state index >= 15 is 0 Å². The number of fused-ring (bicyclic) bond motifs is 1. The lowest BCUT2D eigenvalue weighted by Gasteiger charge is -2.37. The predicted molar refractivity (Wildman–Crippen MR) is 134 cm³/mol. The number of phenolic OH excluding ortho intramolecular Hbond substituents is 1. The van der Waals surface area contributed by atoms with Gasteiger partial charge in [0.1, 0.15) is 17.2 Å². The molecule has 5 rings (SSSR count). The van der Waals surface area contributed by atoms with E-state index in [0.717, 1.165) is 60.5 Å². The third-order valence-electron chi connectivity index (χ3n) is 7.06. The summed E-state index contributed by atoms with van der Waals surface area (Å²) in [5.41, 5.74) is 4.02. The van der Waals surface area contributed by atoms with Crippen molar-refractivity contribution in [1.82, 2.24) is 19.4 Å². The number of phenols is 1. The number of halogens is 1. The van der Waals surface area contributed by atoms with Gasteiger partial charge >= 0.3 is 0 Å². The summed E-state index contributed by atoms with van der Waals surface area (Å²) in [5, 5.41) is 9.88. The summed E-state index contributed by atoms with van der Waals surface area (Å²) in [6, 6.07) is 16.9. The van der Waals surface area contributed by atoms with Gasteiger partial charge in [-0.25, -0.2) is 14.4 Å². The molecule has 1 saturated heterocycles. The number of aromatic hydroxyl groups is 1. The molecule has 1 aliphatic rings. The zero-order valence-electron chi connectivity index (χ0n) is 20.2. The third-order valence-corrected chi connectivity index (χ3v) is 7.06. The molecule has 35 heavy (non-hydrogen) atoms. The lowest BCUT2D eigenvalue weighted by atomic mass is 9.99. The van der Waals surface area contributed by atoms with Gasteiger partial charge in [0.2, 0.25) is 0 Å². The first kappa shape index (κ1) is 23.3. The Bertz CT molecular complexity index is 1300. The number of likely N-dealkylation sites (tertiary alicyclic amines) is 1. The highest BCUT2D eigenvalue weighted by Crippen LogP contribution is 2.31. The summed E-state index contributed by atoms with van der Waals surface area (Å²) in [7, 11) is 1.58. The second-order valence-electron chi connectivity index (χ2n) is 9.37. The SMILES string of the molecule is COc1cc(C[C@@H](C)N2CCC(n3c(Cc4ccc(F)cc4)nc4cccnc43)CC2)ccc1O. The number of benzene rings is 2. The average Bonchev–Trinajstić information content (AvgIpc) is 3.24. The fourth-order valence-corrected chi connectivity index (χ4v) is 5.17. The second-order valence-corrected chi connectivity index (χ2v) is 9.37. The quantitative estimate of drug-likeness (QED) is 0.402. The van der Waals surface area contributed by atoms with Crippen LogP contribution in [0.25, 0.3) is 11.2 Å². The summed E-state index contributed by atoms with van der Waals surface area (Å²) in [6.07, 6.45) is 5.40. The molecule has 4 aromatic rings. The Morgan fingerprint density at radius 2 is 1.83 bits per heavy atom. The molecule has 1 aliphatic heterocycles. The number of pyridine rings is 1. The number of piperidine rings is 1. The Kier molecular flexibility index (Phi) is 6.68. The van der Waals surface area contributed by atoms with E-state index in [0.29, 0.717) is 24.3 Å². The molecule has 2 aromatic carbocycles. The molecule has 0 spiro atoms. The highest BCUT2D eigenvalue weighted by molar-refractivity contribution is 5.71. The zero-order valence-corrected chi connectivity index (χ0v) is 20.2. The van der Waals surface area contributed by atoms with Gasteiger partial charge in [0.15, 0.2) is 17.1 Å². The number of rotatable bonds is 7. The molecule has 0 amide bonds. The number of imidazole rings is 1. The molecular formula is C28H31FN4O2. The maximum absolute atomic E-state index is 13.4. The lowest BCUT2D eigenvalue weighted by molar-refractivity contribution is 0.143. The highest BCUT2D eigenvalue weighted by Gasteiger charge is 2.27. The molecule has 3 heterocycles. The lowest BCUT2D eigenvalue weighted by Crippen LogP contribution is -2.41. The van der Waals surface area contributed by atoms with Crippen molar-refractivity contribution in [1.29, 1.82) is 0 Å². The molecule has 0 unspecified atom stereocenters. The smallest absolute Gasteiger partial charge is 0.160 e. The van der Waals surface area contributed by atoms with E-state index in [4.69, 9.17) is 9.72 Å². The van der Waals surface area contributed by atoms with Crippen LogP contribution in [0.5, 0.6) is 11.5 Å². The third kappa shape index (κ3) is 5.00. The molecule has 182 valence electrons. The van der Waals surface area contributed by atoms with Crippen LogP contribution in [0, 0.1) is 5.82 Å². The van der Waals surface area contributed by atoms with Crippen molar-refractivity contribution in [2.24, 2.45) is 0 Å². The topological polar surface area (TPSA) is 63.4 Å². The average molecular weight is 475 g/mol. The highest BCUT2D eigenvalue weighted by atomic mass is 19.1. The van der Waals surface area contributed by atoms with Crippen molar-refractivity contribution in [3.8, 4) is 11.5 Å². The van der Waals surface area contributed by atoms with Crippen LogP contribution in [-0.4, -0.2) is 50.8 Å². The van der Waals surface area contributed by atoms with Crippen LogP contribution >= 0.6 is 0 Å². The number of nitrogens with zero attached hydrogens (tertiary/aromatic N) is 4. The summed E-state index contributed by atoms with van der Waals surface area (Å²) in [5.74, 6) is 1.44. The predicted octanol–water partition coefficient (Wildman–Crippen LogP) is 5.14. The molecule has 0 radical (unpaired) electrons. The first-order chi connectivity index (χ1) is 17.0. The van der Waals surface area contributed by atoms with E-state index in [1.54, 1.807) is 13.2 Å². The summed E-state index contributed by atoms with van der Waals surface area (Å²) in [6.45, 7) is 4.24. The van der Waals surface area contributed by atoms with Gasteiger partial charge in [-0.3, -0.25) is 0 Å². The van der Waals surface area contributed by atoms with Gasteiger partial charge in [-0.05, 0) is 73.7 Å². The Morgan fingerprint density at radius 1 is 1.09 bits per heavy atom. The van der Waals surface area contributed by atoms with Crippen LogP contribution in [-0.2, 0) is 12.8 Å².